The second-order valence-corrected chi connectivity index (χ2v) is 12.6. The van der Waals surface area contributed by atoms with E-state index < -0.39 is 22.2 Å². The number of carbonyl (C=O) groups excluding carboxylic acids is 3. The van der Waals surface area contributed by atoms with Crippen molar-refractivity contribution in [2.75, 3.05) is 19.6 Å². The fraction of sp³-hybridized carbons (Fsp3) is 0.273. The number of hydrogen-bond donors (Lipinski definition) is 1. The molecule has 0 spiro atoms. The molecule has 4 aromatic rings. The Morgan fingerprint density at radius 2 is 1.68 bits per heavy atom. The first-order valence-electron chi connectivity index (χ1n) is 14.6. The van der Waals surface area contributed by atoms with Gasteiger partial charge in [-0.15, -0.1) is 0 Å². The molecule has 0 radical (unpaired) electrons. The van der Waals surface area contributed by atoms with Gasteiger partial charge in [-0.3, -0.25) is 19.9 Å². The Hall–Kier alpha value is -4.77. The minimum Gasteiger partial charge on any atom is -0.379 e. The molecule has 44 heavy (non-hydrogen) atoms. The molecule has 1 unspecified atom stereocenters. The number of urea groups is 1. The number of fused-ring (bicyclic) bond motifs is 1. The van der Waals surface area contributed by atoms with Crippen molar-refractivity contribution in [2.45, 2.75) is 36.6 Å². The summed E-state index contributed by atoms with van der Waals surface area (Å²) in [6, 6.07) is 21.2. The van der Waals surface area contributed by atoms with Crippen molar-refractivity contribution in [3.05, 3.63) is 102 Å². The smallest absolute Gasteiger partial charge is 0.339 e. The maximum absolute atomic E-state index is 13.1. The number of nitrogens with one attached hydrogen (secondary N) is 1. The number of amides is 4. The molecule has 1 atom stereocenters. The van der Waals surface area contributed by atoms with Gasteiger partial charge >= 0.3 is 16.1 Å². The zero-order valence-corrected chi connectivity index (χ0v) is 24.8. The molecule has 1 aromatic heterocycles. The standard InChI is InChI=1S/C33H32N4O6S/c38-31-29(37(33(40)35-31)20-16-23-14-18-36(19-15-23)32(39)25-5-2-1-3-6-25)21-24-9-11-27(12-10-24)43-44(41,42)30-8-4-7-26-22-34-17-13-28(26)30/h1-13,17,22-23,29H,14-16,18-21H2,(H,35,38,40). The van der Waals surface area contributed by atoms with E-state index in [2.05, 4.69) is 10.3 Å². The van der Waals surface area contributed by atoms with Gasteiger partial charge in [-0.25, -0.2) is 4.79 Å². The average Bonchev–Trinajstić information content (AvgIpc) is 3.31. The molecule has 11 heteroatoms. The summed E-state index contributed by atoms with van der Waals surface area (Å²) in [5.41, 5.74) is 1.45. The molecule has 6 rings (SSSR count). The highest BCUT2D eigenvalue weighted by Gasteiger charge is 2.38. The van der Waals surface area contributed by atoms with E-state index in [1.54, 1.807) is 53.6 Å². The number of benzene rings is 3. The van der Waals surface area contributed by atoms with Crippen LogP contribution in [0.3, 0.4) is 0 Å². The van der Waals surface area contributed by atoms with Crippen LogP contribution >= 0.6 is 0 Å². The fourth-order valence-corrected chi connectivity index (χ4v) is 7.06. The van der Waals surface area contributed by atoms with Crippen LogP contribution in [0.1, 0.15) is 35.2 Å². The fourth-order valence-electron chi connectivity index (χ4n) is 5.90. The van der Waals surface area contributed by atoms with E-state index in [9.17, 15) is 22.8 Å². The minimum absolute atomic E-state index is 0.0359. The Labute approximate surface area is 255 Å². The summed E-state index contributed by atoms with van der Waals surface area (Å²) in [6.07, 6.45) is 5.82. The largest absolute Gasteiger partial charge is 0.379 e. The third kappa shape index (κ3) is 6.28. The molecule has 3 aromatic carbocycles. The van der Waals surface area contributed by atoms with Gasteiger partial charge in [-0.2, -0.15) is 8.42 Å². The van der Waals surface area contributed by atoms with E-state index >= 15 is 0 Å². The topological polar surface area (TPSA) is 126 Å². The van der Waals surface area contributed by atoms with Gasteiger partial charge in [-0.1, -0.05) is 42.5 Å². The highest BCUT2D eigenvalue weighted by molar-refractivity contribution is 7.87. The third-order valence-electron chi connectivity index (χ3n) is 8.34. The lowest BCUT2D eigenvalue weighted by atomic mass is 9.92. The molecule has 2 aliphatic rings. The zero-order valence-electron chi connectivity index (χ0n) is 24.0. The molecule has 226 valence electrons. The van der Waals surface area contributed by atoms with Crippen molar-refractivity contribution in [3.8, 4) is 5.75 Å². The molecular formula is C33H32N4O6S. The minimum atomic E-state index is -4.11. The summed E-state index contributed by atoms with van der Waals surface area (Å²) in [5.74, 6) is 0.163. The number of piperidine rings is 1. The number of likely N-dealkylation sites (tertiary alicyclic amines) is 1. The predicted octanol–water partition coefficient (Wildman–Crippen LogP) is 4.41. The van der Waals surface area contributed by atoms with Gasteiger partial charge in [-0.05, 0) is 67.1 Å². The van der Waals surface area contributed by atoms with Gasteiger partial charge in [0.1, 0.15) is 16.7 Å². The first-order chi connectivity index (χ1) is 21.3. The van der Waals surface area contributed by atoms with E-state index in [1.165, 1.54) is 12.3 Å². The van der Waals surface area contributed by atoms with Gasteiger partial charge in [0.25, 0.3) is 11.8 Å². The van der Waals surface area contributed by atoms with Crippen LogP contribution in [0.4, 0.5) is 4.79 Å². The van der Waals surface area contributed by atoms with Crippen LogP contribution in [0.5, 0.6) is 5.75 Å². The summed E-state index contributed by atoms with van der Waals surface area (Å²) >= 11 is 0. The lowest BCUT2D eigenvalue weighted by molar-refractivity contribution is -0.121. The molecule has 2 saturated heterocycles. The summed E-state index contributed by atoms with van der Waals surface area (Å²) in [5, 5.41) is 3.63. The van der Waals surface area contributed by atoms with Crippen LogP contribution in [0, 0.1) is 5.92 Å². The van der Waals surface area contributed by atoms with Crippen LogP contribution < -0.4 is 9.50 Å². The number of rotatable bonds is 9. The maximum atomic E-state index is 13.1. The molecule has 4 amide bonds. The first-order valence-corrected chi connectivity index (χ1v) is 16.0. The van der Waals surface area contributed by atoms with Crippen LogP contribution in [0.15, 0.2) is 96.2 Å². The lowest BCUT2D eigenvalue weighted by Gasteiger charge is -2.33. The maximum Gasteiger partial charge on any atom is 0.339 e. The number of nitrogens with zero attached hydrogens (tertiary/aromatic N) is 3. The van der Waals surface area contributed by atoms with Crippen molar-refractivity contribution < 1.29 is 27.0 Å². The van der Waals surface area contributed by atoms with Gasteiger partial charge in [0.2, 0.25) is 0 Å². The Morgan fingerprint density at radius 1 is 0.932 bits per heavy atom. The van der Waals surface area contributed by atoms with Crippen LogP contribution in [-0.4, -0.2) is 66.7 Å². The number of carbonyl (C=O) groups is 3. The summed E-state index contributed by atoms with van der Waals surface area (Å²) in [7, 11) is -4.11. The Kier molecular flexibility index (Phi) is 8.30. The van der Waals surface area contributed by atoms with Gasteiger partial charge in [0.15, 0.2) is 0 Å². The molecule has 2 fully saturated rings. The summed E-state index contributed by atoms with van der Waals surface area (Å²) < 4.78 is 31.5. The monoisotopic (exact) mass is 612 g/mol. The predicted molar refractivity (Wildman–Crippen MR) is 163 cm³/mol. The summed E-state index contributed by atoms with van der Waals surface area (Å²) in [6.45, 7) is 1.75. The molecule has 0 aliphatic carbocycles. The molecule has 0 saturated carbocycles. The van der Waals surface area contributed by atoms with Crippen molar-refractivity contribution in [3.63, 3.8) is 0 Å². The van der Waals surface area contributed by atoms with E-state index in [0.717, 1.165) is 24.8 Å². The number of pyridine rings is 1. The van der Waals surface area contributed by atoms with Crippen molar-refractivity contribution in [1.82, 2.24) is 20.1 Å². The van der Waals surface area contributed by atoms with Gasteiger partial charge < -0.3 is 14.0 Å². The lowest BCUT2D eigenvalue weighted by Crippen LogP contribution is -2.41. The highest BCUT2D eigenvalue weighted by Crippen LogP contribution is 2.27. The number of hydrogen-bond acceptors (Lipinski definition) is 7. The second kappa shape index (κ2) is 12.5. The van der Waals surface area contributed by atoms with Crippen molar-refractivity contribution in [1.29, 1.82) is 0 Å². The highest BCUT2D eigenvalue weighted by atomic mass is 32.2. The molecule has 1 N–H and O–H groups in total. The summed E-state index contributed by atoms with van der Waals surface area (Å²) in [4.78, 5) is 45.6. The van der Waals surface area contributed by atoms with Crippen LogP contribution in [0.2, 0.25) is 0 Å². The average molecular weight is 613 g/mol. The Balaban J connectivity index is 1.05. The Morgan fingerprint density at radius 3 is 2.43 bits per heavy atom. The second-order valence-electron chi connectivity index (χ2n) is 11.1. The number of imide groups is 1. The van der Waals surface area contributed by atoms with E-state index in [4.69, 9.17) is 4.18 Å². The first kappa shape index (κ1) is 29.3. The van der Waals surface area contributed by atoms with E-state index in [-0.39, 0.29) is 28.9 Å². The Bertz CT molecular complexity index is 1780. The number of aromatic nitrogens is 1. The zero-order chi connectivity index (χ0) is 30.7. The molecule has 3 heterocycles. The molecule has 0 bridgehead atoms. The molecule has 2 aliphatic heterocycles. The molecule has 10 nitrogen and oxygen atoms in total. The van der Waals surface area contributed by atoms with Crippen molar-refractivity contribution in [2.24, 2.45) is 5.92 Å². The van der Waals surface area contributed by atoms with E-state index in [1.807, 2.05) is 35.2 Å². The van der Waals surface area contributed by atoms with Crippen molar-refractivity contribution >= 4 is 38.7 Å². The SMILES string of the molecule is O=C1NC(=O)N(CCC2CCN(C(=O)c3ccccc3)CC2)C1Cc1ccc(OS(=O)(=O)c2cccc3cnccc23)cc1. The van der Waals surface area contributed by atoms with Crippen LogP contribution in [0.25, 0.3) is 10.8 Å². The van der Waals surface area contributed by atoms with Crippen LogP contribution in [-0.2, 0) is 21.3 Å². The normalized spacial score (nSPS) is 17.6. The third-order valence-corrected chi connectivity index (χ3v) is 9.65. The van der Waals surface area contributed by atoms with Gasteiger partial charge in [0.05, 0.1) is 0 Å². The molecular weight excluding hydrogens is 580 g/mol. The quantitative estimate of drug-likeness (QED) is 0.219. The van der Waals surface area contributed by atoms with Gasteiger partial charge in [0, 0.05) is 54.8 Å². The van der Waals surface area contributed by atoms with E-state index in [0.29, 0.717) is 41.9 Å².